The maximum absolute atomic E-state index is 8.31. The Balaban J connectivity index is 0. The Labute approximate surface area is 136 Å². The lowest BCUT2D eigenvalue weighted by molar-refractivity contribution is 0.542. The van der Waals surface area contributed by atoms with Gasteiger partial charge in [0.05, 0.1) is 5.56 Å². The molecule has 0 atom stereocenters. The standard InChI is InChI=1S/C14H22N4.2C2H6/c1-5-9-18(10-11(3)4)13(15)12-7-8-17-14(12)16-6-2;2*1-2/h6-8,10,15-17H,2,5,9H2,1,3-4H3;2*1-2H3. The number of anilines is 1. The highest BCUT2D eigenvalue weighted by Gasteiger charge is 2.13. The molecule has 0 spiro atoms. The van der Waals surface area contributed by atoms with Gasteiger partial charge in [0.1, 0.15) is 11.7 Å². The van der Waals surface area contributed by atoms with Gasteiger partial charge in [0.25, 0.3) is 0 Å². The number of rotatable bonds is 6. The largest absolute Gasteiger partial charge is 0.348 e. The summed E-state index contributed by atoms with van der Waals surface area (Å²) in [4.78, 5) is 5.03. The fourth-order valence-electron chi connectivity index (χ4n) is 1.74. The minimum atomic E-state index is 0.489. The van der Waals surface area contributed by atoms with Crippen molar-refractivity contribution in [3.05, 3.63) is 42.4 Å². The summed E-state index contributed by atoms with van der Waals surface area (Å²) in [7, 11) is 0. The summed E-state index contributed by atoms with van der Waals surface area (Å²) in [5, 5.41) is 11.3. The van der Waals surface area contributed by atoms with Crippen LogP contribution in [0.5, 0.6) is 0 Å². The van der Waals surface area contributed by atoms with Crippen LogP contribution in [0, 0.1) is 5.41 Å². The van der Waals surface area contributed by atoms with E-state index in [0.717, 1.165) is 24.3 Å². The van der Waals surface area contributed by atoms with E-state index in [1.165, 1.54) is 5.57 Å². The average molecular weight is 306 g/mol. The molecule has 4 nitrogen and oxygen atoms in total. The molecule has 0 unspecified atom stereocenters. The quantitative estimate of drug-likeness (QED) is 0.474. The van der Waals surface area contributed by atoms with Gasteiger partial charge in [0.2, 0.25) is 0 Å². The van der Waals surface area contributed by atoms with Crippen molar-refractivity contribution in [2.45, 2.75) is 54.9 Å². The molecular formula is C18H34N4. The second-order valence-electron chi connectivity index (χ2n) is 4.36. The van der Waals surface area contributed by atoms with Gasteiger partial charge in [-0.25, -0.2) is 0 Å². The fourth-order valence-corrected chi connectivity index (χ4v) is 1.74. The van der Waals surface area contributed by atoms with Gasteiger partial charge in [0, 0.05) is 18.9 Å². The van der Waals surface area contributed by atoms with E-state index < -0.39 is 0 Å². The van der Waals surface area contributed by atoms with E-state index in [0.29, 0.717) is 5.84 Å². The Morgan fingerprint density at radius 3 is 2.36 bits per heavy atom. The molecule has 1 aromatic rings. The number of hydrogen-bond donors (Lipinski definition) is 3. The van der Waals surface area contributed by atoms with Crippen LogP contribution in [-0.2, 0) is 0 Å². The van der Waals surface area contributed by atoms with Gasteiger partial charge in [-0.1, -0.05) is 46.8 Å². The van der Waals surface area contributed by atoms with E-state index in [9.17, 15) is 0 Å². The van der Waals surface area contributed by atoms with E-state index >= 15 is 0 Å². The molecule has 126 valence electrons. The van der Waals surface area contributed by atoms with Gasteiger partial charge in [-0.15, -0.1) is 0 Å². The third kappa shape index (κ3) is 7.72. The fraction of sp³-hybridized carbons (Fsp3) is 0.500. The highest BCUT2D eigenvalue weighted by molar-refractivity contribution is 6.01. The molecule has 0 saturated carbocycles. The summed E-state index contributed by atoms with van der Waals surface area (Å²) in [6, 6.07) is 1.90. The van der Waals surface area contributed by atoms with Crippen molar-refractivity contribution in [1.82, 2.24) is 9.88 Å². The molecule has 0 saturated heterocycles. The Morgan fingerprint density at radius 1 is 1.32 bits per heavy atom. The van der Waals surface area contributed by atoms with Crippen molar-refractivity contribution >= 4 is 11.7 Å². The molecule has 0 aromatic carbocycles. The maximum Gasteiger partial charge on any atom is 0.135 e. The first kappa shape index (κ1) is 22.3. The van der Waals surface area contributed by atoms with Gasteiger partial charge in [0.15, 0.2) is 0 Å². The Kier molecular flexibility index (Phi) is 14.2. The molecule has 1 aromatic heterocycles. The van der Waals surface area contributed by atoms with Gasteiger partial charge >= 0.3 is 0 Å². The third-order valence-corrected chi connectivity index (χ3v) is 2.41. The lowest BCUT2D eigenvalue weighted by Gasteiger charge is -2.21. The zero-order chi connectivity index (χ0) is 17.5. The number of nitrogens with zero attached hydrogens (tertiary/aromatic N) is 1. The van der Waals surface area contributed by atoms with Crippen LogP contribution in [-0.4, -0.2) is 22.3 Å². The van der Waals surface area contributed by atoms with Crippen LogP contribution in [0.2, 0.25) is 0 Å². The number of aromatic amines is 1. The smallest absolute Gasteiger partial charge is 0.135 e. The summed E-state index contributed by atoms with van der Waals surface area (Å²) in [6.07, 6.45) is 6.44. The zero-order valence-electron chi connectivity index (χ0n) is 15.4. The van der Waals surface area contributed by atoms with Crippen LogP contribution in [0.3, 0.4) is 0 Å². The van der Waals surface area contributed by atoms with Crippen molar-refractivity contribution in [1.29, 1.82) is 5.41 Å². The molecular weight excluding hydrogens is 272 g/mol. The van der Waals surface area contributed by atoms with Gasteiger partial charge < -0.3 is 15.2 Å². The van der Waals surface area contributed by atoms with Gasteiger partial charge in [-0.3, -0.25) is 5.41 Å². The minimum absolute atomic E-state index is 0.489. The third-order valence-electron chi connectivity index (χ3n) is 2.41. The van der Waals surface area contributed by atoms with Crippen LogP contribution < -0.4 is 5.32 Å². The van der Waals surface area contributed by atoms with Crippen LogP contribution in [0.15, 0.2) is 36.8 Å². The molecule has 0 amide bonds. The van der Waals surface area contributed by atoms with Crippen molar-refractivity contribution in [2.24, 2.45) is 0 Å². The van der Waals surface area contributed by atoms with Crippen molar-refractivity contribution in [2.75, 3.05) is 11.9 Å². The van der Waals surface area contributed by atoms with Crippen LogP contribution in [0.4, 0.5) is 5.82 Å². The first-order valence-corrected chi connectivity index (χ1v) is 8.15. The summed E-state index contributed by atoms with van der Waals surface area (Å²) < 4.78 is 0. The number of hydrogen-bond acceptors (Lipinski definition) is 2. The Morgan fingerprint density at radius 2 is 1.91 bits per heavy atom. The predicted octanol–water partition coefficient (Wildman–Crippen LogP) is 5.58. The van der Waals surface area contributed by atoms with Crippen molar-refractivity contribution in [3.63, 3.8) is 0 Å². The maximum atomic E-state index is 8.31. The number of nitrogens with one attached hydrogen (secondary N) is 3. The number of H-pyrrole nitrogens is 1. The first-order chi connectivity index (χ1) is 10.6. The molecule has 0 bridgehead atoms. The van der Waals surface area contributed by atoms with Crippen LogP contribution >= 0.6 is 0 Å². The molecule has 4 heteroatoms. The molecule has 1 rings (SSSR count). The molecule has 22 heavy (non-hydrogen) atoms. The summed E-state index contributed by atoms with van der Waals surface area (Å²) >= 11 is 0. The summed E-state index contributed by atoms with van der Waals surface area (Å²) in [5.41, 5.74) is 2.03. The lowest BCUT2D eigenvalue weighted by atomic mass is 10.2. The van der Waals surface area contributed by atoms with E-state index in [1.54, 1.807) is 6.20 Å². The molecule has 0 aliphatic heterocycles. The molecule has 1 heterocycles. The molecule has 0 aliphatic rings. The normalized spacial score (nSPS) is 8.50. The van der Waals surface area contributed by atoms with Gasteiger partial charge in [-0.2, -0.15) is 0 Å². The number of amidine groups is 1. The first-order valence-electron chi connectivity index (χ1n) is 8.15. The zero-order valence-corrected chi connectivity index (χ0v) is 15.4. The minimum Gasteiger partial charge on any atom is -0.348 e. The predicted molar refractivity (Wildman–Crippen MR) is 101 cm³/mol. The molecule has 0 fully saturated rings. The van der Waals surface area contributed by atoms with E-state index in [4.69, 9.17) is 5.41 Å². The molecule has 0 radical (unpaired) electrons. The van der Waals surface area contributed by atoms with E-state index in [-0.39, 0.29) is 0 Å². The Hall–Kier alpha value is -1.97. The van der Waals surface area contributed by atoms with Crippen molar-refractivity contribution in [3.8, 4) is 0 Å². The highest BCUT2D eigenvalue weighted by atomic mass is 15.2. The SMILES string of the molecule is C=CNc1[nH]ccc1C(=N)N(C=C(C)C)CCC.CC.CC. The number of allylic oxidation sites excluding steroid dienone is 1. The van der Waals surface area contributed by atoms with Crippen LogP contribution in [0.25, 0.3) is 0 Å². The second-order valence-corrected chi connectivity index (χ2v) is 4.36. The van der Waals surface area contributed by atoms with E-state index in [2.05, 4.69) is 23.8 Å². The topological polar surface area (TPSA) is 54.9 Å². The van der Waals surface area contributed by atoms with E-state index in [1.807, 2.05) is 64.9 Å². The number of aromatic nitrogens is 1. The van der Waals surface area contributed by atoms with Crippen molar-refractivity contribution < 1.29 is 0 Å². The average Bonchev–Trinajstić information content (AvgIpc) is 2.98. The van der Waals surface area contributed by atoms with Gasteiger partial charge in [-0.05, 0) is 32.5 Å². The summed E-state index contributed by atoms with van der Waals surface area (Å²) in [6.45, 7) is 18.7. The lowest BCUT2D eigenvalue weighted by Crippen LogP contribution is -2.27. The van der Waals surface area contributed by atoms with Crippen LogP contribution in [0.1, 0.15) is 60.5 Å². The monoisotopic (exact) mass is 306 g/mol. The molecule has 3 N–H and O–H groups in total. The second kappa shape index (κ2) is 14.0. The summed E-state index contributed by atoms with van der Waals surface area (Å²) in [5.74, 6) is 1.29. The molecule has 0 aliphatic carbocycles. The Bertz CT molecular complexity index is 440. The highest BCUT2D eigenvalue weighted by Crippen LogP contribution is 2.16.